The maximum atomic E-state index is 14.9. The smallest absolute Gasteiger partial charge is 0.303 e. The summed E-state index contributed by atoms with van der Waals surface area (Å²) in [4.78, 5) is 30.7. The lowest BCUT2D eigenvalue weighted by Gasteiger charge is -2.43. The zero-order valence-electron chi connectivity index (χ0n) is 33.2. The number of piperidine rings is 1. The molecule has 55 heavy (non-hydrogen) atoms. The highest BCUT2D eigenvalue weighted by molar-refractivity contribution is 7.87. The van der Waals surface area contributed by atoms with Crippen LogP contribution in [0, 0.1) is 12.3 Å². The lowest BCUT2D eigenvalue weighted by molar-refractivity contribution is -0.146. The van der Waals surface area contributed by atoms with Gasteiger partial charge in [-0.25, -0.2) is 4.72 Å². The van der Waals surface area contributed by atoms with Gasteiger partial charge in [0.15, 0.2) is 0 Å². The molecule has 0 spiro atoms. The summed E-state index contributed by atoms with van der Waals surface area (Å²) in [6.45, 7) is 7.43. The van der Waals surface area contributed by atoms with Crippen molar-refractivity contribution >= 4 is 32.9 Å². The van der Waals surface area contributed by atoms with Crippen LogP contribution in [0.5, 0.6) is 5.75 Å². The fourth-order valence-electron chi connectivity index (χ4n) is 9.42. The molecule has 1 aliphatic carbocycles. The number of aromatic nitrogens is 1. The second-order valence-corrected chi connectivity index (χ2v) is 18.7. The normalized spacial score (nSPS) is 20.6. The van der Waals surface area contributed by atoms with Crippen molar-refractivity contribution in [3.8, 4) is 17.0 Å². The highest BCUT2D eigenvalue weighted by atomic mass is 32.2. The molecule has 2 amide bonds. The maximum absolute atomic E-state index is 14.9. The number of nitrogens with zero attached hydrogens (tertiary/aromatic N) is 3. The van der Waals surface area contributed by atoms with Gasteiger partial charge in [-0.1, -0.05) is 55.7 Å². The Morgan fingerprint density at radius 3 is 2.24 bits per heavy atom. The van der Waals surface area contributed by atoms with Crippen LogP contribution in [0.25, 0.3) is 22.2 Å². The Bertz CT molecular complexity index is 2140. The highest BCUT2D eigenvalue weighted by Gasteiger charge is 2.47. The summed E-state index contributed by atoms with van der Waals surface area (Å²) < 4.78 is 36.5. The van der Waals surface area contributed by atoms with Gasteiger partial charge >= 0.3 is 10.2 Å². The van der Waals surface area contributed by atoms with E-state index >= 15 is 0 Å². The zero-order chi connectivity index (χ0) is 39.1. The predicted molar refractivity (Wildman–Crippen MR) is 218 cm³/mol. The summed E-state index contributed by atoms with van der Waals surface area (Å²) in [5, 5.41) is 4.82. The molecule has 3 heterocycles. The van der Waals surface area contributed by atoms with Crippen molar-refractivity contribution in [1.29, 1.82) is 0 Å². The molecule has 2 unspecified atom stereocenters. The Hall–Kier alpha value is -4.19. The van der Waals surface area contributed by atoms with Crippen molar-refractivity contribution in [1.82, 2.24) is 23.8 Å². The quantitative estimate of drug-likeness (QED) is 0.154. The first-order chi connectivity index (χ1) is 26.3. The second-order valence-electron chi connectivity index (χ2n) is 16.8. The van der Waals surface area contributed by atoms with E-state index in [0.717, 1.165) is 95.7 Å². The van der Waals surface area contributed by atoms with E-state index in [4.69, 9.17) is 4.74 Å². The first-order valence-corrected chi connectivity index (χ1v) is 21.4. The molecule has 3 aliphatic rings. The van der Waals surface area contributed by atoms with E-state index in [1.165, 1.54) is 31.6 Å². The van der Waals surface area contributed by atoms with Gasteiger partial charge in [0.2, 0.25) is 5.91 Å². The minimum Gasteiger partial charge on any atom is -0.497 e. The van der Waals surface area contributed by atoms with Gasteiger partial charge in [-0.3, -0.25) is 9.59 Å². The Morgan fingerprint density at radius 1 is 0.909 bits per heavy atom. The van der Waals surface area contributed by atoms with Crippen LogP contribution in [-0.2, 0) is 28.1 Å². The van der Waals surface area contributed by atoms with Gasteiger partial charge in [-0.15, -0.1) is 0 Å². The van der Waals surface area contributed by atoms with Crippen LogP contribution in [-0.4, -0.2) is 73.3 Å². The molecule has 0 radical (unpaired) electrons. The molecule has 4 aromatic rings. The largest absolute Gasteiger partial charge is 0.497 e. The summed E-state index contributed by atoms with van der Waals surface area (Å²) in [6, 6.07) is 22.9. The van der Waals surface area contributed by atoms with Crippen molar-refractivity contribution in [2.24, 2.45) is 5.41 Å². The molecular weight excluding hydrogens is 711 g/mol. The number of hydrogen-bond donors (Lipinski definition) is 2. The molecule has 3 aromatic carbocycles. The number of amides is 2. The van der Waals surface area contributed by atoms with Crippen molar-refractivity contribution < 1.29 is 22.7 Å². The molecule has 2 N–H and O–H groups in total. The number of ether oxygens (including phenoxy) is 1. The highest BCUT2D eigenvalue weighted by Crippen LogP contribution is 2.47. The first kappa shape index (κ1) is 39.1. The van der Waals surface area contributed by atoms with Gasteiger partial charge in [0, 0.05) is 67.3 Å². The third kappa shape index (κ3) is 7.93. The molecular formula is C44H57N5O5S. The zero-order valence-corrected chi connectivity index (χ0v) is 34.0. The third-order valence-corrected chi connectivity index (χ3v) is 13.7. The van der Waals surface area contributed by atoms with E-state index in [2.05, 4.69) is 76.7 Å². The molecule has 2 saturated heterocycles. The van der Waals surface area contributed by atoms with Crippen molar-refractivity contribution in [3.63, 3.8) is 0 Å². The summed E-state index contributed by atoms with van der Waals surface area (Å²) in [5.41, 5.74) is 5.98. The van der Waals surface area contributed by atoms with E-state index in [9.17, 15) is 18.0 Å². The lowest BCUT2D eigenvalue weighted by atomic mass is 9.81. The summed E-state index contributed by atoms with van der Waals surface area (Å²) >= 11 is 0. The number of rotatable bonds is 12. The molecule has 1 aromatic heterocycles. The molecule has 2 aliphatic heterocycles. The number of nitrogens with one attached hydrogen (secondary N) is 2. The lowest BCUT2D eigenvalue weighted by Crippen LogP contribution is -2.55. The van der Waals surface area contributed by atoms with E-state index in [-0.39, 0.29) is 23.6 Å². The molecule has 10 nitrogen and oxygen atoms in total. The number of methoxy groups -OCH3 is 1. The van der Waals surface area contributed by atoms with Crippen LogP contribution < -0.4 is 14.8 Å². The average molecular weight is 768 g/mol. The van der Waals surface area contributed by atoms with Crippen LogP contribution in [0.3, 0.4) is 0 Å². The Kier molecular flexibility index (Phi) is 11.2. The number of fused-ring (bicyclic) bond motifs is 3. The van der Waals surface area contributed by atoms with E-state index in [1.807, 2.05) is 24.3 Å². The fraction of sp³-hybridized carbons (Fsp3) is 0.500. The summed E-state index contributed by atoms with van der Waals surface area (Å²) in [5.74, 6) is 0.544. The van der Waals surface area contributed by atoms with Gasteiger partial charge in [-0.05, 0) is 112 Å². The van der Waals surface area contributed by atoms with Crippen LogP contribution in [0.15, 0.2) is 66.7 Å². The molecule has 7 rings (SSSR count). The van der Waals surface area contributed by atoms with Gasteiger partial charge in [0.25, 0.3) is 5.91 Å². The fourth-order valence-corrected chi connectivity index (χ4v) is 9.95. The topological polar surface area (TPSA) is 113 Å². The minimum absolute atomic E-state index is 0.158. The predicted octanol–water partition coefficient (Wildman–Crippen LogP) is 7.55. The number of aryl methyl sites for hydroxylation is 1. The average Bonchev–Trinajstić information content (AvgIpc) is 3.62. The second kappa shape index (κ2) is 15.7. The van der Waals surface area contributed by atoms with Crippen molar-refractivity contribution in [2.75, 3.05) is 21.2 Å². The Morgan fingerprint density at radius 2 is 1.60 bits per heavy atom. The van der Waals surface area contributed by atoms with Gasteiger partial charge in [0.05, 0.1) is 18.2 Å². The van der Waals surface area contributed by atoms with Gasteiger partial charge < -0.3 is 19.5 Å². The molecule has 2 bridgehead atoms. The standard InChI is InChI=1S/C44H57N5O5S/c1-29-23-36(54-6)20-22-37(29)41-40(31-15-11-8-12-16-31)38-21-17-32(42(50)46-55(52,53)47(4)5)24-39(38)48(41)28-44(2,3)43(51)49-34-18-19-35(49)26-33(25-34)45-27-30-13-9-7-10-14-30/h7,9-10,13-14,17,20-24,31,33-35,45H,8,11-12,15-16,18-19,25-28H2,1-6H3,(H,46,50). The van der Waals surface area contributed by atoms with Crippen molar-refractivity contribution in [3.05, 3.63) is 89.0 Å². The third-order valence-electron chi connectivity index (χ3n) is 12.3. The van der Waals surface area contributed by atoms with E-state index in [0.29, 0.717) is 18.5 Å². The molecule has 3 fully saturated rings. The Labute approximate surface area is 326 Å². The number of carbonyl (C=O) groups excluding carboxylic acids is 2. The molecule has 294 valence electrons. The van der Waals surface area contributed by atoms with Crippen LogP contribution >= 0.6 is 0 Å². The van der Waals surface area contributed by atoms with Gasteiger partial charge in [-0.2, -0.15) is 12.7 Å². The van der Waals surface area contributed by atoms with Crippen molar-refractivity contribution in [2.45, 2.75) is 116 Å². The number of hydrogen-bond acceptors (Lipinski definition) is 6. The Balaban J connectivity index is 1.29. The molecule has 2 atom stereocenters. The summed E-state index contributed by atoms with van der Waals surface area (Å²) in [6.07, 6.45) is 9.51. The van der Waals surface area contributed by atoms with Gasteiger partial charge in [0.1, 0.15) is 5.75 Å². The SMILES string of the molecule is COc1ccc(-c2c(C3CCCCC3)c3ccc(C(=O)NS(=O)(=O)N(C)C)cc3n2CC(C)(C)C(=O)N2C3CCC2CC(NCc2ccccc2)C3)c(C)c1. The van der Waals surface area contributed by atoms with E-state index in [1.54, 1.807) is 13.2 Å². The van der Waals surface area contributed by atoms with Crippen LogP contribution in [0.2, 0.25) is 0 Å². The minimum atomic E-state index is -4.00. The molecule has 1 saturated carbocycles. The summed E-state index contributed by atoms with van der Waals surface area (Å²) in [7, 11) is 0.445. The van der Waals surface area contributed by atoms with Crippen LogP contribution in [0.4, 0.5) is 0 Å². The molecule has 11 heteroatoms. The number of carbonyl (C=O) groups is 2. The number of benzene rings is 3. The van der Waals surface area contributed by atoms with E-state index < -0.39 is 21.5 Å². The maximum Gasteiger partial charge on any atom is 0.303 e. The first-order valence-electron chi connectivity index (χ1n) is 19.9. The monoisotopic (exact) mass is 767 g/mol. The van der Waals surface area contributed by atoms with Crippen LogP contribution in [0.1, 0.15) is 105 Å².